The lowest BCUT2D eigenvalue weighted by molar-refractivity contribution is -0.134. The van der Waals surface area contributed by atoms with Crippen molar-refractivity contribution >= 4 is 35.1 Å². The second-order valence-corrected chi connectivity index (χ2v) is 6.95. The normalized spacial score (nSPS) is 28.3. The lowest BCUT2D eigenvalue weighted by Crippen LogP contribution is -2.53. The van der Waals surface area contributed by atoms with Crippen molar-refractivity contribution in [2.45, 2.75) is 44.7 Å². The number of hydrogen-bond donors (Lipinski definition) is 1. The van der Waals surface area contributed by atoms with Crippen LogP contribution in [0, 0.1) is 5.92 Å². The Kier molecular flexibility index (Phi) is 4.08. The maximum Gasteiger partial charge on any atom is 0.325 e. The van der Waals surface area contributed by atoms with E-state index in [1.807, 2.05) is 6.92 Å². The second-order valence-electron chi connectivity index (χ2n) is 6.14. The SMILES string of the molecule is CC1CCCCC12NC(=O)N(Cc1c(Cl)cccc1Cl)C2=O. The van der Waals surface area contributed by atoms with Gasteiger partial charge < -0.3 is 5.32 Å². The summed E-state index contributed by atoms with van der Waals surface area (Å²) >= 11 is 12.3. The number of halogens is 2. The van der Waals surface area contributed by atoms with Gasteiger partial charge in [0.2, 0.25) is 0 Å². The van der Waals surface area contributed by atoms with Gasteiger partial charge in [-0.25, -0.2) is 4.79 Å². The molecule has 1 spiro atoms. The summed E-state index contributed by atoms with van der Waals surface area (Å²) in [6.07, 6.45) is 3.71. The molecule has 2 unspecified atom stereocenters. The van der Waals surface area contributed by atoms with Crippen LogP contribution in [0.5, 0.6) is 0 Å². The van der Waals surface area contributed by atoms with Crippen LogP contribution in [0.15, 0.2) is 18.2 Å². The third kappa shape index (κ3) is 2.38. The predicted octanol–water partition coefficient (Wildman–Crippen LogP) is 3.99. The summed E-state index contributed by atoms with van der Waals surface area (Å²) in [4.78, 5) is 26.5. The standard InChI is InChI=1S/C16H18Cl2N2O2/c1-10-5-2-3-8-16(10)14(21)20(15(22)19-16)9-11-12(17)6-4-7-13(11)18/h4,6-7,10H,2-3,5,8-9H2,1H3,(H,19,22). The van der Waals surface area contributed by atoms with Crippen molar-refractivity contribution in [2.75, 3.05) is 0 Å². The molecule has 2 aliphatic rings. The van der Waals surface area contributed by atoms with E-state index in [2.05, 4.69) is 5.32 Å². The average molecular weight is 341 g/mol. The van der Waals surface area contributed by atoms with Gasteiger partial charge in [0.15, 0.2) is 0 Å². The minimum atomic E-state index is -0.747. The fraction of sp³-hybridized carbons (Fsp3) is 0.500. The lowest BCUT2D eigenvalue weighted by atomic mass is 9.73. The monoisotopic (exact) mass is 340 g/mol. The molecular formula is C16H18Cl2N2O2. The Morgan fingerprint density at radius 3 is 2.59 bits per heavy atom. The van der Waals surface area contributed by atoms with E-state index in [1.165, 1.54) is 4.90 Å². The van der Waals surface area contributed by atoms with Gasteiger partial charge in [0, 0.05) is 15.6 Å². The Balaban J connectivity index is 1.89. The molecule has 2 atom stereocenters. The Morgan fingerprint density at radius 1 is 1.27 bits per heavy atom. The fourth-order valence-corrected chi connectivity index (χ4v) is 4.00. The number of nitrogens with one attached hydrogen (secondary N) is 1. The van der Waals surface area contributed by atoms with Gasteiger partial charge in [-0.3, -0.25) is 9.69 Å². The summed E-state index contributed by atoms with van der Waals surface area (Å²) in [6.45, 7) is 2.14. The maximum atomic E-state index is 12.9. The topological polar surface area (TPSA) is 49.4 Å². The summed E-state index contributed by atoms with van der Waals surface area (Å²) in [7, 11) is 0. The molecule has 0 bridgehead atoms. The molecule has 1 aliphatic carbocycles. The number of benzene rings is 1. The minimum absolute atomic E-state index is 0.109. The largest absolute Gasteiger partial charge is 0.325 e. The van der Waals surface area contributed by atoms with Crippen molar-refractivity contribution in [3.8, 4) is 0 Å². The van der Waals surface area contributed by atoms with Gasteiger partial charge in [-0.05, 0) is 30.9 Å². The van der Waals surface area contributed by atoms with Crippen molar-refractivity contribution in [1.82, 2.24) is 10.2 Å². The summed E-state index contributed by atoms with van der Waals surface area (Å²) in [5.74, 6) is -0.00916. The molecule has 1 saturated carbocycles. The molecule has 6 heteroatoms. The second kappa shape index (κ2) is 5.74. The molecule has 0 radical (unpaired) electrons. The zero-order chi connectivity index (χ0) is 15.9. The molecule has 1 N–H and O–H groups in total. The average Bonchev–Trinajstić information content (AvgIpc) is 2.71. The first kappa shape index (κ1) is 15.6. The van der Waals surface area contributed by atoms with Gasteiger partial charge in [0.05, 0.1) is 6.54 Å². The highest BCUT2D eigenvalue weighted by Crippen LogP contribution is 2.39. The Labute approximate surface area is 139 Å². The van der Waals surface area contributed by atoms with E-state index in [0.29, 0.717) is 22.0 Å². The van der Waals surface area contributed by atoms with Crippen LogP contribution in [-0.2, 0) is 11.3 Å². The van der Waals surface area contributed by atoms with Crippen molar-refractivity contribution in [3.63, 3.8) is 0 Å². The van der Waals surface area contributed by atoms with Crippen molar-refractivity contribution in [2.24, 2.45) is 5.92 Å². The van der Waals surface area contributed by atoms with E-state index in [1.54, 1.807) is 18.2 Å². The molecule has 1 aliphatic heterocycles. The highest BCUT2D eigenvalue weighted by atomic mass is 35.5. The van der Waals surface area contributed by atoms with E-state index >= 15 is 0 Å². The highest BCUT2D eigenvalue weighted by Gasteiger charge is 2.54. The third-order valence-electron chi connectivity index (χ3n) is 4.88. The van der Waals surface area contributed by atoms with E-state index in [-0.39, 0.29) is 24.4 Å². The van der Waals surface area contributed by atoms with Gasteiger partial charge >= 0.3 is 6.03 Å². The molecule has 1 aromatic rings. The number of nitrogens with zero attached hydrogens (tertiary/aromatic N) is 1. The molecule has 2 fully saturated rings. The van der Waals surface area contributed by atoms with E-state index in [4.69, 9.17) is 23.2 Å². The number of imide groups is 1. The first-order valence-corrected chi connectivity index (χ1v) is 8.28. The van der Waals surface area contributed by atoms with Crippen LogP contribution < -0.4 is 5.32 Å². The molecule has 3 rings (SSSR count). The number of carbonyl (C=O) groups is 2. The van der Waals surface area contributed by atoms with Crippen molar-refractivity contribution < 1.29 is 9.59 Å². The van der Waals surface area contributed by atoms with E-state index < -0.39 is 5.54 Å². The third-order valence-corrected chi connectivity index (χ3v) is 5.59. The van der Waals surface area contributed by atoms with Crippen LogP contribution in [-0.4, -0.2) is 22.4 Å². The fourth-order valence-electron chi connectivity index (χ4n) is 3.48. The smallest absolute Gasteiger partial charge is 0.323 e. The maximum absolute atomic E-state index is 12.9. The molecule has 22 heavy (non-hydrogen) atoms. The number of hydrogen-bond acceptors (Lipinski definition) is 2. The molecule has 0 aromatic heterocycles. The van der Waals surface area contributed by atoms with Gasteiger partial charge in [-0.15, -0.1) is 0 Å². The predicted molar refractivity (Wildman–Crippen MR) is 85.9 cm³/mol. The number of rotatable bonds is 2. The molecule has 4 nitrogen and oxygen atoms in total. The molecule has 118 valence electrons. The zero-order valence-corrected chi connectivity index (χ0v) is 13.9. The number of carbonyl (C=O) groups excluding carboxylic acids is 2. The molecule has 3 amide bonds. The van der Waals surface area contributed by atoms with Gasteiger partial charge in [0.25, 0.3) is 5.91 Å². The summed E-state index contributed by atoms with van der Waals surface area (Å²) in [5.41, 5.74) is -0.141. The van der Waals surface area contributed by atoms with Gasteiger partial charge in [0.1, 0.15) is 5.54 Å². The molecule has 1 heterocycles. The first-order valence-electron chi connectivity index (χ1n) is 7.53. The first-order chi connectivity index (χ1) is 10.5. The lowest BCUT2D eigenvalue weighted by Gasteiger charge is -2.36. The van der Waals surface area contributed by atoms with Crippen LogP contribution >= 0.6 is 23.2 Å². The number of urea groups is 1. The van der Waals surface area contributed by atoms with Gasteiger partial charge in [-0.1, -0.05) is 49.0 Å². The van der Waals surface area contributed by atoms with E-state index in [0.717, 1.165) is 19.3 Å². The van der Waals surface area contributed by atoms with Crippen LogP contribution in [0.2, 0.25) is 10.0 Å². The van der Waals surface area contributed by atoms with Crippen LogP contribution in [0.4, 0.5) is 4.79 Å². The zero-order valence-electron chi connectivity index (χ0n) is 12.4. The van der Waals surface area contributed by atoms with Crippen LogP contribution in [0.25, 0.3) is 0 Å². The Morgan fingerprint density at radius 2 is 1.95 bits per heavy atom. The number of amides is 3. The van der Waals surface area contributed by atoms with Crippen molar-refractivity contribution in [3.05, 3.63) is 33.8 Å². The minimum Gasteiger partial charge on any atom is -0.323 e. The highest BCUT2D eigenvalue weighted by molar-refractivity contribution is 6.36. The molecular weight excluding hydrogens is 323 g/mol. The van der Waals surface area contributed by atoms with Crippen LogP contribution in [0.1, 0.15) is 38.2 Å². The summed E-state index contributed by atoms with van der Waals surface area (Å²) < 4.78 is 0. The van der Waals surface area contributed by atoms with Crippen LogP contribution in [0.3, 0.4) is 0 Å². The van der Waals surface area contributed by atoms with Crippen molar-refractivity contribution in [1.29, 1.82) is 0 Å². The quantitative estimate of drug-likeness (QED) is 0.827. The summed E-state index contributed by atoms with van der Waals surface area (Å²) in [6, 6.07) is 4.81. The van der Waals surface area contributed by atoms with E-state index in [9.17, 15) is 9.59 Å². The Bertz CT molecular complexity index is 614. The summed E-state index contributed by atoms with van der Waals surface area (Å²) in [5, 5.41) is 3.86. The van der Waals surface area contributed by atoms with Gasteiger partial charge in [-0.2, -0.15) is 0 Å². The molecule has 1 saturated heterocycles. The molecule has 1 aromatic carbocycles. The Hall–Kier alpha value is -1.26.